The van der Waals surface area contributed by atoms with Crippen molar-refractivity contribution in [2.75, 3.05) is 19.8 Å². The fraction of sp³-hybridized carbons (Fsp3) is 0.444. The number of aliphatic carboxylic acids is 1. The normalized spacial score (nSPS) is 18.0. The Balaban J connectivity index is 1.67. The van der Waals surface area contributed by atoms with Gasteiger partial charge in [0, 0.05) is 30.1 Å². The van der Waals surface area contributed by atoms with Gasteiger partial charge in [0.1, 0.15) is 0 Å². The highest BCUT2D eigenvalue weighted by atomic mass is 16.5. The molecule has 3 rings (SSSR count). The lowest BCUT2D eigenvalue weighted by molar-refractivity contribution is -0.146. The number of carboxylic acids is 1. The van der Waals surface area contributed by atoms with Crippen LogP contribution in [0.1, 0.15) is 24.0 Å². The first-order valence-corrected chi connectivity index (χ1v) is 8.21. The van der Waals surface area contributed by atoms with E-state index >= 15 is 0 Å². The molecule has 2 aromatic rings. The number of carbonyl (C=O) groups excluding carboxylic acids is 1. The molecule has 128 valence electrons. The van der Waals surface area contributed by atoms with Crippen molar-refractivity contribution < 1.29 is 19.4 Å². The van der Waals surface area contributed by atoms with Gasteiger partial charge in [0.05, 0.1) is 25.7 Å². The smallest absolute Gasteiger partial charge is 0.305 e. The number of amides is 1. The molecular weight excluding hydrogens is 308 g/mol. The van der Waals surface area contributed by atoms with Crippen LogP contribution in [-0.2, 0) is 20.7 Å². The summed E-state index contributed by atoms with van der Waals surface area (Å²) in [7, 11) is 0. The van der Waals surface area contributed by atoms with E-state index in [1.165, 1.54) is 5.56 Å². The van der Waals surface area contributed by atoms with Crippen LogP contribution in [0, 0.1) is 6.92 Å². The molecule has 1 aliphatic heterocycles. The molecule has 6 nitrogen and oxygen atoms in total. The number of H-pyrrole nitrogens is 1. The molecule has 0 unspecified atom stereocenters. The third-order valence-electron chi connectivity index (χ3n) is 4.58. The summed E-state index contributed by atoms with van der Waals surface area (Å²) in [5, 5.41) is 10.1. The maximum atomic E-state index is 12.6. The maximum absolute atomic E-state index is 12.6. The number of morpholine rings is 1. The lowest BCUT2D eigenvalue weighted by Crippen LogP contribution is -2.49. The number of aryl methyl sites for hydroxylation is 2. The Kier molecular flexibility index (Phi) is 4.85. The van der Waals surface area contributed by atoms with Crippen LogP contribution in [0.5, 0.6) is 0 Å². The van der Waals surface area contributed by atoms with Gasteiger partial charge in [-0.05, 0) is 24.5 Å². The predicted octanol–water partition coefficient (Wildman–Crippen LogP) is 2.11. The van der Waals surface area contributed by atoms with Crippen LogP contribution in [0.25, 0.3) is 10.9 Å². The highest BCUT2D eigenvalue weighted by Crippen LogP contribution is 2.23. The number of hydrogen-bond donors (Lipinski definition) is 2. The zero-order valence-electron chi connectivity index (χ0n) is 13.7. The molecule has 1 amide bonds. The van der Waals surface area contributed by atoms with E-state index in [0.717, 1.165) is 16.5 Å². The summed E-state index contributed by atoms with van der Waals surface area (Å²) in [5.74, 6) is -0.915. The van der Waals surface area contributed by atoms with E-state index in [2.05, 4.69) is 24.0 Å². The third-order valence-corrected chi connectivity index (χ3v) is 4.58. The lowest BCUT2D eigenvalue weighted by Gasteiger charge is -2.35. The molecule has 0 bridgehead atoms. The van der Waals surface area contributed by atoms with Gasteiger partial charge in [-0.3, -0.25) is 9.59 Å². The molecule has 1 saturated heterocycles. The number of rotatable bonds is 5. The van der Waals surface area contributed by atoms with Crippen molar-refractivity contribution in [1.29, 1.82) is 0 Å². The summed E-state index contributed by atoms with van der Waals surface area (Å²) in [6.45, 7) is 3.28. The molecule has 2 N–H and O–H groups in total. The van der Waals surface area contributed by atoms with Crippen LogP contribution < -0.4 is 0 Å². The summed E-state index contributed by atoms with van der Waals surface area (Å²) >= 11 is 0. The highest BCUT2D eigenvalue weighted by Gasteiger charge is 2.28. The number of para-hydroxylation sites is 1. The van der Waals surface area contributed by atoms with Crippen LogP contribution in [0.3, 0.4) is 0 Å². The first-order chi connectivity index (χ1) is 11.6. The zero-order valence-corrected chi connectivity index (χ0v) is 13.7. The molecule has 1 atom stereocenters. The SMILES string of the molecule is Cc1cccc2c(CCC(=O)N3CCOC[C@@H]3CC(=O)O)c[nH]c12. The second-order valence-corrected chi connectivity index (χ2v) is 6.23. The number of nitrogens with zero attached hydrogens (tertiary/aromatic N) is 1. The molecule has 2 heterocycles. The van der Waals surface area contributed by atoms with Crippen molar-refractivity contribution in [2.45, 2.75) is 32.2 Å². The summed E-state index contributed by atoms with van der Waals surface area (Å²) < 4.78 is 5.32. The van der Waals surface area contributed by atoms with Gasteiger partial charge < -0.3 is 19.7 Å². The summed E-state index contributed by atoms with van der Waals surface area (Å²) in [4.78, 5) is 28.5. The summed E-state index contributed by atoms with van der Waals surface area (Å²) in [6.07, 6.45) is 2.90. The molecule has 0 spiro atoms. The Morgan fingerprint density at radius 3 is 3.04 bits per heavy atom. The largest absolute Gasteiger partial charge is 0.481 e. The number of nitrogens with one attached hydrogen (secondary N) is 1. The van der Waals surface area contributed by atoms with Gasteiger partial charge >= 0.3 is 5.97 Å². The van der Waals surface area contributed by atoms with Crippen molar-refractivity contribution in [3.05, 3.63) is 35.5 Å². The van der Waals surface area contributed by atoms with Crippen molar-refractivity contribution in [1.82, 2.24) is 9.88 Å². The minimum absolute atomic E-state index is 0.00782. The van der Waals surface area contributed by atoms with E-state index in [1.54, 1.807) is 4.90 Å². The van der Waals surface area contributed by atoms with Crippen LogP contribution in [0.2, 0.25) is 0 Å². The topological polar surface area (TPSA) is 82.6 Å². The molecule has 6 heteroatoms. The second kappa shape index (κ2) is 7.05. The first-order valence-electron chi connectivity index (χ1n) is 8.21. The van der Waals surface area contributed by atoms with Gasteiger partial charge in [-0.1, -0.05) is 18.2 Å². The van der Waals surface area contributed by atoms with Crippen molar-refractivity contribution >= 4 is 22.8 Å². The van der Waals surface area contributed by atoms with E-state index in [9.17, 15) is 9.59 Å². The van der Waals surface area contributed by atoms with Gasteiger partial charge in [0.25, 0.3) is 0 Å². The number of aromatic nitrogens is 1. The minimum atomic E-state index is -0.907. The fourth-order valence-corrected chi connectivity index (χ4v) is 3.31. The second-order valence-electron chi connectivity index (χ2n) is 6.23. The monoisotopic (exact) mass is 330 g/mol. The van der Waals surface area contributed by atoms with Gasteiger partial charge in [0.2, 0.25) is 5.91 Å². The van der Waals surface area contributed by atoms with Crippen LogP contribution in [0.4, 0.5) is 0 Å². The van der Waals surface area contributed by atoms with E-state index < -0.39 is 5.97 Å². The molecule has 1 aromatic carbocycles. The van der Waals surface area contributed by atoms with Crippen LogP contribution >= 0.6 is 0 Å². The highest BCUT2D eigenvalue weighted by molar-refractivity contribution is 5.86. The fourth-order valence-electron chi connectivity index (χ4n) is 3.31. The molecule has 0 saturated carbocycles. The minimum Gasteiger partial charge on any atom is -0.481 e. The molecule has 1 fully saturated rings. The molecule has 0 radical (unpaired) electrons. The number of benzene rings is 1. The average Bonchev–Trinajstić information content (AvgIpc) is 2.97. The quantitative estimate of drug-likeness (QED) is 0.879. The molecular formula is C18H22N2O4. The van der Waals surface area contributed by atoms with Crippen molar-refractivity contribution in [3.63, 3.8) is 0 Å². The molecule has 24 heavy (non-hydrogen) atoms. The maximum Gasteiger partial charge on any atom is 0.305 e. The number of fused-ring (bicyclic) bond motifs is 1. The number of hydrogen-bond acceptors (Lipinski definition) is 3. The van der Waals surface area contributed by atoms with Crippen molar-refractivity contribution in [3.8, 4) is 0 Å². The number of aromatic amines is 1. The summed E-state index contributed by atoms with van der Waals surface area (Å²) in [5.41, 5.74) is 3.40. The zero-order chi connectivity index (χ0) is 17.1. The van der Waals surface area contributed by atoms with Crippen LogP contribution in [0.15, 0.2) is 24.4 Å². The van der Waals surface area contributed by atoms with Crippen molar-refractivity contribution in [2.24, 2.45) is 0 Å². The van der Waals surface area contributed by atoms with Gasteiger partial charge in [-0.2, -0.15) is 0 Å². The van der Waals surface area contributed by atoms with E-state index in [1.807, 2.05) is 12.3 Å². The van der Waals surface area contributed by atoms with Gasteiger partial charge in [-0.25, -0.2) is 0 Å². The Morgan fingerprint density at radius 2 is 2.25 bits per heavy atom. The first kappa shape index (κ1) is 16.5. The van der Waals surface area contributed by atoms with Gasteiger partial charge in [-0.15, -0.1) is 0 Å². The number of ether oxygens (including phenoxy) is 1. The predicted molar refractivity (Wildman–Crippen MR) is 89.9 cm³/mol. The van der Waals surface area contributed by atoms with Crippen LogP contribution in [-0.4, -0.2) is 52.7 Å². The molecule has 1 aliphatic rings. The van der Waals surface area contributed by atoms with E-state index in [-0.39, 0.29) is 18.4 Å². The number of carbonyl (C=O) groups is 2. The number of carboxylic acid groups (broad SMARTS) is 1. The van der Waals surface area contributed by atoms with E-state index in [4.69, 9.17) is 9.84 Å². The third kappa shape index (κ3) is 3.43. The van der Waals surface area contributed by atoms with E-state index in [0.29, 0.717) is 32.6 Å². The summed E-state index contributed by atoms with van der Waals surface area (Å²) in [6, 6.07) is 5.76. The molecule has 0 aliphatic carbocycles. The van der Waals surface area contributed by atoms with Gasteiger partial charge in [0.15, 0.2) is 0 Å². The Hall–Kier alpha value is -2.34. The standard InChI is InChI=1S/C18H22N2O4/c1-12-3-2-4-15-13(10-19-18(12)15)5-6-16(21)20-7-8-24-11-14(20)9-17(22)23/h2-4,10,14,19H,5-9,11H2,1H3,(H,22,23)/t14-/m0/s1. The Labute approximate surface area is 140 Å². The molecule has 1 aromatic heterocycles. The Bertz CT molecular complexity index is 753. The average molecular weight is 330 g/mol. The Morgan fingerprint density at radius 1 is 1.42 bits per heavy atom. The lowest BCUT2D eigenvalue weighted by atomic mass is 10.0.